The van der Waals surface area contributed by atoms with E-state index in [0.29, 0.717) is 29.5 Å². The number of anilines is 1. The molecular weight excluding hydrogens is 466 g/mol. The van der Waals surface area contributed by atoms with Gasteiger partial charge in [-0.05, 0) is 43.2 Å². The van der Waals surface area contributed by atoms with Crippen LogP contribution >= 0.6 is 15.9 Å². The van der Waals surface area contributed by atoms with E-state index in [1.165, 1.54) is 6.20 Å². The second-order valence-electron chi connectivity index (χ2n) is 6.56. The minimum atomic E-state index is -0.795. The van der Waals surface area contributed by atoms with Gasteiger partial charge in [-0.15, -0.1) is 0 Å². The maximum absolute atomic E-state index is 12.8. The number of guanidine groups is 1. The van der Waals surface area contributed by atoms with Crippen molar-refractivity contribution >= 4 is 45.2 Å². The number of nitrogens with zero attached hydrogens (tertiary/aromatic N) is 2. The standard InChI is InChI=1S/C20H24BrN7O3/c21-12-6-7-15(13(10-12)18(30)16-5-1-2-8-25-16)28-17(29)11-27-19(31)14(22)4-3-9-26-20(23)24/h1-2,5-8,10,14H,3-4,9,11,22H2,(H,27,31)(H,28,29)(H4,23,24,26)/t14-/m0/s1. The largest absolute Gasteiger partial charge is 0.370 e. The molecule has 0 fully saturated rings. The van der Waals surface area contributed by atoms with E-state index in [1.54, 1.807) is 36.4 Å². The molecular formula is C20H24BrN7O3. The van der Waals surface area contributed by atoms with Crippen LogP contribution in [0, 0.1) is 0 Å². The summed E-state index contributed by atoms with van der Waals surface area (Å²) in [6.07, 6.45) is 2.40. The van der Waals surface area contributed by atoms with E-state index in [4.69, 9.17) is 17.2 Å². The first-order chi connectivity index (χ1) is 14.8. The predicted molar refractivity (Wildman–Crippen MR) is 121 cm³/mol. The lowest BCUT2D eigenvalue weighted by molar-refractivity contribution is -0.125. The third-order valence-corrected chi connectivity index (χ3v) is 4.62. The molecule has 164 valence electrons. The van der Waals surface area contributed by atoms with Gasteiger partial charge in [0, 0.05) is 22.8 Å². The highest BCUT2D eigenvalue weighted by molar-refractivity contribution is 9.10. The summed E-state index contributed by atoms with van der Waals surface area (Å²) in [6, 6.07) is 9.07. The first-order valence-electron chi connectivity index (χ1n) is 9.41. The zero-order valence-corrected chi connectivity index (χ0v) is 18.3. The molecule has 0 aliphatic rings. The van der Waals surface area contributed by atoms with Crippen LogP contribution in [0.25, 0.3) is 0 Å². The molecule has 0 radical (unpaired) electrons. The summed E-state index contributed by atoms with van der Waals surface area (Å²) >= 11 is 3.32. The number of benzene rings is 1. The third kappa shape index (κ3) is 7.79. The average Bonchev–Trinajstić information content (AvgIpc) is 2.76. The number of hydrogen-bond acceptors (Lipinski definition) is 6. The summed E-state index contributed by atoms with van der Waals surface area (Å²) in [7, 11) is 0. The number of rotatable bonds is 10. The first kappa shape index (κ1) is 24.0. The smallest absolute Gasteiger partial charge is 0.243 e. The van der Waals surface area contributed by atoms with Gasteiger partial charge in [-0.3, -0.25) is 24.4 Å². The molecule has 31 heavy (non-hydrogen) atoms. The zero-order chi connectivity index (χ0) is 22.8. The highest BCUT2D eigenvalue weighted by atomic mass is 79.9. The number of halogens is 1. The van der Waals surface area contributed by atoms with E-state index < -0.39 is 17.9 Å². The SMILES string of the molecule is NC(N)=NCCC[C@H](N)C(=O)NCC(=O)Nc1ccc(Br)cc1C(=O)c1ccccn1. The number of pyridine rings is 1. The van der Waals surface area contributed by atoms with Crippen LogP contribution in [0.5, 0.6) is 0 Å². The van der Waals surface area contributed by atoms with Crippen molar-refractivity contribution in [1.29, 1.82) is 0 Å². The van der Waals surface area contributed by atoms with E-state index in [2.05, 4.69) is 36.5 Å². The lowest BCUT2D eigenvalue weighted by Gasteiger charge is -2.13. The van der Waals surface area contributed by atoms with E-state index >= 15 is 0 Å². The summed E-state index contributed by atoms with van der Waals surface area (Å²) in [4.78, 5) is 45.0. The minimum Gasteiger partial charge on any atom is -0.370 e. The molecule has 0 saturated heterocycles. The molecule has 0 bridgehead atoms. The van der Waals surface area contributed by atoms with E-state index in [-0.39, 0.29) is 29.5 Å². The van der Waals surface area contributed by atoms with Crippen molar-refractivity contribution < 1.29 is 14.4 Å². The Morgan fingerprint density at radius 3 is 2.61 bits per heavy atom. The Balaban J connectivity index is 1.94. The van der Waals surface area contributed by atoms with Crippen LogP contribution in [0.1, 0.15) is 28.9 Å². The molecule has 0 spiro atoms. The van der Waals surface area contributed by atoms with Crippen molar-refractivity contribution in [2.45, 2.75) is 18.9 Å². The predicted octanol–water partition coefficient (Wildman–Crippen LogP) is 0.511. The lowest BCUT2D eigenvalue weighted by Crippen LogP contribution is -2.43. The molecule has 2 aromatic rings. The molecule has 1 atom stereocenters. The zero-order valence-electron chi connectivity index (χ0n) is 16.7. The van der Waals surface area contributed by atoms with Crippen molar-refractivity contribution in [2.24, 2.45) is 22.2 Å². The van der Waals surface area contributed by atoms with Crippen LogP contribution < -0.4 is 27.8 Å². The van der Waals surface area contributed by atoms with E-state index in [0.717, 1.165) is 0 Å². The molecule has 10 nitrogen and oxygen atoms in total. The maximum atomic E-state index is 12.8. The van der Waals surface area contributed by atoms with Crippen molar-refractivity contribution in [1.82, 2.24) is 10.3 Å². The minimum absolute atomic E-state index is 0.0245. The fraction of sp³-hybridized carbons (Fsp3) is 0.250. The number of nitrogens with two attached hydrogens (primary N) is 3. The van der Waals surface area contributed by atoms with Crippen LogP contribution in [0.2, 0.25) is 0 Å². The molecule has 8 N–H and O–H groups in total. The molecule has 2 amide bonds. The Kier molecular flexibility index (Phi) is 9.10. The Morgan fingerprint density at radius 2 is 1.94 bits per heavy atom. The van der Waals surface area contributed by atoms with Gasteiger partial charge in [-0.25, -0.2) is 0 Å². The fourth-order valence-corrected chi connectivity index (χ4v) is 2.95. The van der Waals surface area contributed by atoms with E-state index in [1.807, 2.05) is 0 Å². The topological polar surface area (TPSA) is 179 Å². The second kappa shape index (κ2) is 11.8. The average molecular weight is 490 g/mol. The molecule has 1 aromatic carbocycles. The second-order valence-corrected chi connectivity index (χ2v) is 7.47. The molecule has 0 unspecified atom stereocenters. The molecule has 1 heterocycles. The Bertz CT molecular complexity index is 963. The number of amides is 2. The number of hydrogen-bond donors (Lipinski definition) is 5. The van der Waals surface area contributed by atoms with Crippen molar-refractivity contribution in [2.75, 3.05) is 18.4 Å². The van der Waals surface area contributed by atoms with Gasteiger partial charge in [-0.2, -0.15) is 0 Å². The van der Waals surface area contributed by atoms with Gasteiger partial charge in [0.15, 0.2) is 5.96 Å². The number of aliphatic imine (C=N–C) groups is 1. The van der Waals surface area contributed by atoms with Gasteiger partial charge in [0.05, 0.1) is 18.3 Å². The monoisotopic (exact) mass is 489 g/mol. The quantitative estimate of drug-likeness (QED) is 0.139. The van der Waals surface area contributed by atoms with Gasteiger partial charge >= 0.3 is 0 Å². The molecule has 0 aliphatic heterocycles. The lowest BCUT2D eigenvalue weighted by atomic mass is 10.1. The van der Waals surface area contributed by atoms with Crippen molar-refractivity contribution in [3.8, 4) is 0 Å². The summed E-state index contributed by atoms with van der Waals surface area (Å²) in [5, 5.41) is 5.11. The van der Waals surface area contributed by atoms with Gasteiger partial charge < -0.3 is 27.8 Å². The fourth-order valence-electron chi connectivity index (χ4n) is 2.59. The molecule has 0 aliphatic carbocycles. The Morgan fingerprint density at radius 1 is 1.16 bits per heavy atom. The third-order valence-electron chi connectivity index (χ3n) is 4.13. The summed E-state index contributed by atoms with van der Waals surface area (Å²) in [6.45, 7) is 0.0636. The van der Waals surface area contributed by atoms with Crippen LogP contribution in [-0.2, 0) is 9.59 Å². The first-order valence-corrected chi connectivity index (χ1v) is 10.2. The summed E-state index contributed by atoms with van der Waals surface area (Å²) < 4.78 is 0.671. The van der Waals surface area contributed by atoms with Crippen LogP contribution in [0.15, 0.2) is 52.1 Å². The van der Waals surface area contributed by atoms with Crippen LogP contribution in [-0.4, -0.2) is 47.7 Å². The van der Waals surface area contributed by atoms with Gasteiger partial charge in [-0.1, -0.05) is 22.0 Å². The van der Waals surface area contributed by atoms with Crippen LogP contribution in [0.4, 0.5) is 5.69 Å². The number of nitrogens with one attached hydrogen (secondary N) is 2. The maximum Gasteiger partial charge on any atom is 0.243 e. The van der Waals surface area contributed by atoms with Crippen LogP contribution in [0.3, 0.4) is 0 Å². The Labute approximate surface area is 187 Å². The summed E-state index contributed by atoms with van der Waals surface area (Å²) in [5.74, 6) is -1.34. The highest BCUT2D eigenvalue weighted by Crippen LogP contribution is 2.23. The normalized spacial score (nSPS) is 11.3. The van der Waals surface area contributed by atoms with Crippen molar-refractivity contribution in [3.63, 3.8) is 0 Å². The molecule has 11 heteroatoms. The van der Waals surface area contributed by atoms with Gasteiger partial charge in [0.1, 0.15) is 5.69 Å². The summed E-state index contributed by atoms with van der Waals surface area (Å²) in [5.41, 5.74) is 17.1. The van der Waals surface area contributed by atoms with E-state index in [9.17, 15) is 14.4 Å². The van der Waals surface area contributed by atoms with Gasteiger partial charge in [0.2, 0.25) is 17.6 Å². The Hall–Kier alpha value is -3.31. The molecule has 2 rings (SSSR count). The molecule has 0 saturated carbocycles. The number of carbonyl (C=O) groups excluding carboxylic acids is 3. The highest BCUT2D eigenvalue weighted by Gasteiger charge is 2.18. The number of aromatic nitrogens is 1. The number of carbonyl (C=O) groups is 3. The molecule has 1 aromatic heterocycles. The van der Waals surface area contributed by atoms with Gasteiger partial charge in [0.25, 0.3) is 0 Å². The number of ketones is 1. The van der Waals surface area contributed by atoms with Crippen molar-refractivity contribution in [3.05, 3.63) is 58.3 Å².